The Morgan fingerprint density at radius 2 is 1.70 bits per heavy atom. The lowest BCUT2D eigenvalue weighted by Gasteiger charge is -2.34. The molecule has 0 bridgehead atoms. The summed E-state index contributed by atoms with van der Waals surface area (Å²) >= 11 is 0. The van der Waals surface area contributed by atoms with Crippen molar-refractivity contribution in [1.82, 2.24) is 9.80 Å². The molecule has 2 aliphatic heterocycles. The maximum Gasteiger partial charge on any atom is 0.245 e. The molecule has 0 spiro atoms. The van der Waals surface area contributed by atoms with Gasteiger partial charge in [-0.2, -0.15) is 0 Å². The van der Waals surface area contributed by atoms with Crippen LogP contribution in [0.4, 0.5) is 0 Å². The Hall–Kier alpha value is -1.84. The molecule has 2 saturated heterocycles. The highest BCUT2D eigenvalue weighted by Crippen LogP contribution is 2.41. The third kappa shape index (κ3) is 4.04. The van der Waals surface area contributed by atoms with Crippen molar-refractivity contribution in [2.24, 2.45) is 5.92 Å². The largest absolute Gasteiger partial charge is 0.341 e. The van der Waals surface area contributed by atoms with Crippen LogP contribution in [0.2, 0.25) is 0 Å². The molecule has 3 atom stereocenters. The van der Waals surface area contributed by atoms with Crippen LogP contribution in [0.25, 0.3) is 0 Å². The highest BCUT2D eigenvalue weighted by molar-refractivity contribution is 5.89. The minimum absolute atomic E-state index is 0.194. The van der Waals surface area contributed by atoms with Crippen LogP contribution >= 0.6 is 0 Å². The average molecular weight is 369 g/mol. The second kappa shape index (κ2) is 8.45. The topological polar surface area (TPSA) is 40.6 Å². The minimum Gasteiger partial charge on any atom is -0.341 e. The second-order valence-corrected chi connectivity index (χ2v) is 8.54. The summed E-state index contributed by atoms with van der Waals surface area (Å²) in [6.45, 7) is 1.75. The number of rotatable bonds is 5. The summed E-state index contributed by atoms with van der Waals surface area (Å²) in [5.41, 5.74) is 1.28. The van der Waals surface area contributed by atoms with Crippen molar-refractivity contribution in [1.29, 1.82) is 0 Å². The van der Waals surface area contributed by atoms with Gasteiger partial charge in [0, 0.05) is 25.6 Å². The van der Waals surface area contributed by atoms with Crippen molar-refractivity contribution in [2.75, 3.05) is 13.1 Å². The summed E-state index contributed by atoms with van der Waals surface area (Å²) in [4.78, 5) is 30.4. The van der Waals surface area contributed by atoms with Gasteiger partial charge in [-0.15, -0.1) is 0 Å². The van der Waals surface area contributed by atoms with E-state index in [1.165, 1.54) is 24.8 Å². The fourth-order valence-corrected chi connectivity index (χ4v) is 5.41. The van der Waals surface area contributed by atoms with E-state index in [2.05, 4.69) is 24.3 Å². The van der Waals surface area contributed by atoms with E-state index in [4.69, 9.17) is 0 Å². The average Bonchev–Trinajstić information content (AvgIpc) is 3.36. The Bertz CT molecular complexity index is 654. The van der Waals surface area contributed by atoms with E-state index in [1.807, 2.05) is 15.9 Å². The van der Waals surface area contributed by atoms with E-state index in [-0.39, 0.29) is 17.9 Å². The predicted octanol–water partition coefficient (Wildman–Crippen LogP) is 3.79. The Morgan fingerprint density at radius 1 is 0.963 bits per heavy atom. The van der Waals surface area contributed by atoms with Crippen LogP contribution in [0, 0.1) is 5.92 Å². The van der Waals surface area contributed by atoms with Gasteiger partial charge in [0.25, 0.3) is 0 Å². The molecule has 3 aliphatic rings. The summed E-state index contributed by atoms with van der Waals surface area (Å²) < 4.78 is 0. The lowest BCUT2D eigenvalue weighted by molar-refractivity contribution is -0.145. The fraction of sp³-hybridized carbons (Fsp3) is 0.652. The number of likely N-dealkylation sites (tertiary alicyclic amines) is 2. The number of aryl methyl sites for hydroxylation is 1. The number of nitrogens with zero attached hydrogens (tertiary/aromatic N) is 2. The second-order valence-electron chi connectivity index (χ2n) is 8.54. The van der Waals surface area contributed by atoms with Gasteiger partial charge < -0.3 is 9.80 Å². The molecule has 27 heavy (non-hydrogen) atoms. The van der Waals surface area contributed by atoms with Crippen molar-refractivity contribution < 1.29 is 9.59 Å². The van der Waals surface area contributed by atoms with Gasteiger partial charge in [-0.25, -0.2) is 0 Å². The zero-order valence-corrected chi connectivity index (χ0v) is 16.3. The van der Waals surface area contributed by atoms with E-state index >= 15 is 0 Å². The Balaban J connectivity index is 1.42. The van der Waals surface area contributed by atoms with Gasteiger partial charge in [0.05, 0.1) is 0 Å². The molecule has 1 aromatic rings. The molecule has 1 aliphatic carbocycles. The number of hydrogen-bond acceptors (Lipinski definition) is 2. The minimum atomic E-state index is -0.194. The Kier molecular flexibility index (Phi) is 5.80. The lowest BCUT2D eigenvalue weighted by atomic mass is 9.84. The first kappa shape index (κ1) is 18.5. The molecule has 3 fully saturated rings. The van der Waals surface area contributed by atoms with Crippen molar-refractivity contribution in [3.05, 3.63) is 35.9 Å². The molecule has 0 aromatic heterocycles. The molecule has 2 heterocycles. The third-order valence-electron chi connectivity index (χ3n) is 6.78. The van der Waals surface area contributed by atoms with Crippen molar-refractivity contribution in [3.8, 4) is 0 Å². The van der Waals surface area contributed by atoms with Gasteiger partial charge in [-0.1, -0.05) is 43.2 Å². The van der Waals surface area contributed by atoms with Crippen molar-refractivity contribution in [3.63, 3.8) is 0 Å². The maximum absolute atomic E-state index is 13.2. The van der Waals surface area contributed by atoms with Gasteiger partial charge in [0.2, 0.25) is 11.8 Å². The highest BCUT2D eigenvalue weighted by atomic mass is 16.2. The van der Waals surface area contributed by atoms with Gasteiger partial charge in [-0.3, -0.25) is 9.59 Å². The number of carbonyl (C=O) groups is 2. The molecule has 4 nitrogen and oxygen atoms in total. The van der Waals surface area contributed by atoms with Gasteiger partial charge in [0.15, 0.2) is 0 Å². The Labute approximate surface area is 162 Å². The molecule has 1 aromatic carbocycles. The van der Waals surface area contributed by atoms with Crippen LogP contribution in [0.15, 0.2) is 30.3 Å². The first-order valence-corrected chi connectivity index (χ1v) is 10.9. The summed E-state index contributed by atoms with van der Waals surface area (Å²) in [6.07, 6.45) is 10.2. The quantitative estimate of drug-likeness (QED) is 0.793. The summed E-state index contributed by atoms with van der Waals surface area (Å²) in [5, 5.41) is 0. The van der Waals surface area contributed by atoms with Crippen molar-refractivity contribution in [2.45, 2.75) is 76.3 Å². The molecule has 0 unspecified atom stereocenters. The first-order chi connectivity index (χ1) is 13.2. The monoisotopic (exact) mass is 368 g/mol. The van der Waals surface area contributed by atoms with E-state index in [0.717, 1.165) is 51.6 Å². The van der Waals surface area contributed by atoms with Gasteiger partial charge in [-0.05, 0) is 56.4 Å². The fourth-order valence-electron chi connectivity index (χ4n) is 5.41. The molecular formula is C23H32N2O2. The van der Waals surface area contributed by atoms with E-state index in [1.54, 1.807) is 0 Å². The summed E-state index contributed by atoms with van der Waals surface area (Å²) in [7, 11) is 0. The van der Waals surface area contributed by atoms with Crippen LogP contribution < -0.4 is 0 Å². The van der Waals surface area contributed by atoms with Gasteiger partial charge in [0.1, 0.15) is 6.04 Å². The zero-order chi connectivity index (χ0) is 18.6. The summed E-state index contributed by atoms with van der Waals surface area (Å²) in [5.74, 6) is 0.963. The molecule has 0 radical (unpaired) electrons. The van der Waals surface area contributed by atoms with Gasteiger partial charge >= 0.3 is 0 Å². The molecule has 0 N–H and O–H groups in total. The van der Waals surface area contributed by atoms with E-state index in [9.17, 15) is 9.59 Å². The van der Waals surface area contributed by atoms with Crippen LogP contribution in [0.1, 0.15) is 63.4 Å². The number of amides is 2. The number of fused-ring (bicyclic) bond motifs is 1. The van der Waals surface area contributed by atoms with Crippen LogP contribution in [-0.4, -0.2) is 46.8 Å². The van der Waals surface area contributed by atoms with Crippen LogP contribution in [-0.2, 0) is 16.0 Å². The van der Waals surface area contributed by atoms with E-state index in [0.29, 0.717) is 18.4 Å². The normalized spacial score (nSPS) is 27.6. The molecule has 146 valence electrons. The standard InChI is InChI=1S/C23H32N2O2/c26-22(14-8-11-18-9-2-1-3-10-18)25-20-13-5-4-12-19(20)17-21(25)23(27)24-15-6-7-16-24/h1-3,9-10,19-21H,4-8,11-17H2/t19-,20-,21-/m0/s1. The maximum atomic E-state index is 13.2. The number of hydrogen-bond donors (Lipinski definition) is 0. The summed E-state index contributed by atoms with van der Waals surface area (Å²) in [6, 6.07) is 10.5. The highest BCUT2D eigenvalue weighted by Gasteiger charge is 2.48. The van der Waals surface area contributed by atoms with E-state index < -0.39 is 0 Å². The smallest absolute Gasteiger partial charge is 0.245 e. The predicted molar refractivity (Wildman–Crippen MR) is 106 cm³/mol. The lowest BCUT2D eigenvalue weighted by Crippen LogP contribution is -2.50. The number of benzene rings is 1. The molecule has 4 heteroatoms. The number of carbonyl (C=O) groups excluding carboxylic acids is 2. The zero-order valence-electron chi connectivity index (χ0n) is 16.3. The molecular weight excluding hydrogens is 336 g/mol. The third-order valence-corrected chi connectivity index (χ3v) is 6.78. The van der Waals surface area contributed by atoms with Crippen LogP contribution in [0.5, 0.6) is 0 Å². The Morgan fingerprint density at radius 3 is 2.48 bits per heavy atom. The SMILES string of the molecule is O=C([C@@H]1C[C@@H]2CCCC[C@@H]2N1C(=O)CCCc1ccccc1)N1CCCC1. The van der Waals surface area contributed by atoms with Crippen LogP contribution in [0.3, 0.4) is 0 Å². The van der Waals surface area contributed by atoms with Crippen molar-refractivity contribution >= 4 is 11.8 Å². The first-order valence-electron chi connectivity index (χ1n) is 10.9. The molecule has 2 amide bonds. The molecule has 1 saturated carbocycles. The molecule has 4 rings (SSSR count).